The molecule has 1 aromatic carbocycles. The van der Waals surface area contributed by atoms with Crippen molar-refractivity contribution >= 4 is 15.9 Å². The van der Waals surface area contributed by atoms with Gasteiger partial charge < -0.3 is 14.8 Å². The fourth-order valence-electron chi connectivity index (χ4n) is 1.53. The minimum absolute atomic E-state index is 0.489. The van der Waals surface area contributed by atoms with E-state index in [0.29, 0.717) is 12.5 Å². The Balaban J connectivity index is 2.89. The predicted octanol–water partition coefficient (Wildman–Crippen LogP) is 3.60. The predicted molar refractivity (Wildman–Crippen MR) is 78.4 cm³/mol. The second-order valence-corrected chi connectivity index (χ2v) is 5.45. The van der Waals surface area contributed by atoms with Crippen LogP contribution in [0.25, 0.3) is 0 Å². The van der Waals surface area contributed by atoms with Gasteiger partial charge in [-0.15, -0.1) is 0 Å². The van der Waals surface area contributed by atoms with E-state index in [2.05, 4.69) is 48.1 Å². The van der Waals surface area contributed by atoms with Gasteiger partial charge in [-0.25, -0.2) is 0 Å². The third-order valence-electron chi connectivity index (χ3n) is 2.43. The molecule has 0 saturated carbocycles. The third kappa shape index (κ3) is 4.50. The van der Waals surface area contributed by atoms with Gasteiger partial charge in [-0.1, -0.05) is 20.8 Å². The first-order valence-corrected chi connectivity index (χ1v) is 7.07. The number of rotatable bonds is 7. The van der Waals surface area contributed by atoms with Gasteiger partial charge in [-0.05, 0) is 46.1 Å². The lowest BCUT2D eigenvalue weighted by Crippen LogP contribution is -2.12. The number of methoxy groups -OCH3 is 1. The zero-order chi connectivity index (χ0) is 13.5. The minimum Gasteiger partial charge on any atom is -0.493 e. The van der Waals surface area contributed by atoms with E-state index in [1.165, 1.54) is 5.56 Å². The molecule has 0 aliphatic carbocycles. The van der Waals surface area contributed by atoms with Gasteiger partial charge in [0.1, 0.15) is 0 Å². The summed E-state index contributed by atoms with van der Waals surface area (Å²) >= 11 is 3.55. The number of nitrogens with one attached hydrogen (secondary N) is 1. The van der Waals surface area contributed by atoms with E-state index < -0.39 is 0 Å². The fourth-order valence-corrected chi connectivity index (χ4v) is 2.14. The molecule has 0 aliphatic rings. The summed E-state index contributed by atoms with van der Waals surface area (Å²) in [5.41, 5.74) is 1.18. The molecule has 0 aliphatic heterocycles. The van der Waals surface area contributed by atoms with E-state index in [9.17, 15) is 0 Å². The van der Waals surface area contributed by atoms with Gasteiger partial charge in [-0.3, -0.25) is 0 Å². The summed E-state index contributed by atoms with van der Waals surface area (Å²) in [5.74, 6) is 2.05. The molecule has 0 radical (unpaired) electrons. The van der Waals surface area contributed by atoms with Gasteiger partial charge in [0.15, 0.2) is 11.5 Å². The molecular weight excluding hydrogens is 294 g/mol. The number of benzene rings is 1. The van der Waals surface area contributed by atoms with Crippen molar-refractivity contribution in [2.24, 2.45) is 5.92 Å². The van der Waals surface area contributed by atoms with Crippen LogP contribution < -0.4 is 14.8 Å². The van der Waals surface area contributed by atoms with Crippen LogP contribution in [-0.4, -0.2) is 20.3 Å². The SMILES string of the molecule is CCNCc1cc(Br)c(OCC(C)C)c(OC)c1. The number of hydrogen-bond acceptors (Lipinski definition) is 3. The van der Waals surface area contributed by atoms with Crippen LogP contribution in [0.2, 0.25) is 0 Å². The van der Waals surface area contributed by atoms with E-state index in [-0.39, 0.29) is 0 Å². The van der Waals surface area contributed by atoms with Gasteiger partial charge >= 0.3 is 0 Å². The summed E-state index contributed by atoms with van der Waals surface area (Å²) in [4.78, 5) is 0. The van der Waals surface area contributed by atoms with Crippen LogP contribution in [0.15, 0.2) is 16.6 Å². The average Bonchev–Trinajstić information content (AvgIpc) is 2.34. The Kier molecular flexibility index (Phi) is 6.50. The molecule has 1 aromatic rings. The molecule has 0 spiro atoms. The van der Waals surface area contributed by atoms with Crippen LogP contribution >= 0.6 is 15.9 Å². The number of ether oxygens (including phenoxy) is 2. The van der Waals surface area contributed by atoms with Gasteiger partial charge in [0.05, 0.1) is 18.2 Å². The number of hydrogen-bond donors (Lipinski definition) is 1. The Morgan fingerprint density at radius 3 is 2.61 bits per heavy atom. The minimum atomic E-state index is 0.489. The van der Waals surface area contributed by atoms with Crippen molar-refractivity contribution in [3.63, 3.8) is 0 Å². The van der Waals surface area contributed by atoms with Crippen LogP contribution in [-0.2, 0) is 6.54 Å². The van der Waals surface area contributed by atoms with Crippen molar-refractivity contribution in [3.05, 3.63) is 22.2 Å². The highest BCUT2D eigenvalue weighted by Gasteiger charge is 2.12. The fraction of sp³-hybridized carbons (Fsp3) is 0.571. The monoisotopic (exact) mass is 315 g/mol. The largest absolute Gasteiger partial charge is 0.493 e. The summed E-state index contributed by atoms with van der Waals surface area (Å²) in [5, 5.41) is 3.30. The van der Waals surface area contributed by atoms with E-state index in [1.807, 2.05) is 6.07 Å². The highest BCUT2D eigenvalue weighted by atomic mass is 79.9. The molecule has 102 valence electrons. The molecular formula is C14H22BrNO2. The van der Waals surface area contributed by atoms with Crippen molar-refractivity contribution < 1.29 is 9.47 Å². The Morgan fingerprint density at radius 1 is 1.33 bits per heavy atom. The van der Waals surface area contributed by atoms with E-state index in [1.54, 1.807) is 7.11 Å². The maximum Gasteiger partial charge on any atom is 0.175 e. The summed E-state index contributed by atoms with van der Waals surface area (Å²) in [6, 6.07) is 4.09. The smallest absolute Gasteiger partial charge is 0.175 e. The van der Waals surface area contributed by atoms with Crippen LogP contribution in [0, 0.1) is 5.92 Å². The zero-order valence-electron chi connectivity index (χ0n) is 11.5. The van der Waals surface area contributed by atoms with Gasteiger partial charge in [0.2, 0.25) is 0 Å². The maximum absolute atomic E-state index is 5.79. The zero-order valence-corrected chi connectivity index (χ0v) is 13.1. The molecule has 0 aromatic heterocycles. The number of halogens is 1. The van der Waals surface area contributed by atoms with Gasteiger partial charge in [0, 0.05) is 6.54 Å². The summed E-state index contributed by atoms with van der Waals surface area (Å²) in [6.07, 6.45) is 0. The van der Waals surface area contributed by atoms with Crippen LogP contribution in [0.4, 0.5) is 0 Å². The Bertz CT molecular complexity index is 380. The van der Waals surface area contributed by atoms with E-state index >= 15 is 0 Å². The highest BCUT2D eigenvalue weighted by molar-refractivity contribution is 9.10. The maximum atomic E-state index is 5.79. The Labute approximate surface area is 118 Å². The topological polar surface area (TPSA) is 30.5 Å². The van der Waals surface area contributed by atoms with Crippen LogP contribution in [0.3, 0.4) is 0 Å². The standard InChI is InChI=1S/C14H22BrNO2/c1-5-16-8-11-6-12(15)14(13(7-11)17-4)18-9-10(2)3/h6-7,10,16H,5,8-9H2,1-4H3. The molecule has 0 fully saturated rings. The quantitative estimate of drug-likeness (QED) is 0.834. The average molecular weight is 316 g/mol. The van der Waals surface area contributed by atoms with Crippen molar-refractivity contribution in [3.8, 4) is 11.5 Å². The molecule has 4 heteroatoms. The summed E-state index contributed by atoms with van der Waals surface area (Å²) < 4.78 is 12.1. The molecule has 0 heterocycles. The lowest BCUT2D eigenvalue weighted by Gasteiger charge is -2.15. The van der Waals surface area contributed by atoms with Crippen molar-refractivity contribution in [2.75, 3.05) is 20.3 Å². The van der Waals surface area contributed by atoms with E-state index in [4.69, 9.17) is 9.47 Å². The first-order valence-electron chi connectivity index (χ1n) is 6.28. The summed E-state index contributed by atoms with van der Waals surface area (Å²) in [6.45, 7) is 8.80. The normalized spacial score (nSPS) is 10.8. The summed E-state index contributed by atoms with van der Waals surface area (Å²) in [7, 11) is 1.67. The molecule has 1 rings (SSSR count). The molecule has 18 heavy (non-hydrogen) atoms. The Morgan fingerprint density at radius 2 is 2.06 bits per heavy atom. The Hall–Kier alpha value is -0.740. The molecule has 0 amide bonds. The van der Waals surface area contributed by atoms with Gasteiger partial charge in [0.25, 0.3) is 0 Å². The molecule has 0 bridgehead atoms. The first kappa shape index (κ1) is 15.3. The molecule has 0 atom stereocenters. The van der Waals surface area contributed by atoms with Crippen molar-refractivity contribution in [2.45, 2.75) is 27.3 Å². The third-order valence-corrected chi connectivity index (χ3v) is 3.02. The van der Waals surface area contributed by atoms with Crippen molar-refractivity contribution in [1.82, 2.24) is 5.32 Å². The first-order chi connectivity index (χ1) is 8.58. The molecule has 3 nitrogen and oxygen atoms in total. The second-order valence-electron chi connectivity index (χ2n) is 4.59. The van der Waals surface area contributed by atoms with Crippen molar-refractivity contribution in [1.29, 1.82) is 0 Å². The highest BCUT2D eigenvalue weighted by Crippen LogP contribution is 2.36. The van der Waals surface area contributed by atoms with Crippen LogP contribution in [0.5, 0.6) is 11.5 Å². The molecule has 0 unspecified atom stereocenters. The second kappa shape index (κ2) is 7.64. The van der Waals surface area contributed by atoms with E-state index in [0.717, 1.165) is 29.1 Å². The molecule has 1 N–H and O–H groups in total. The lowest BCUT2D eigenvalue weighted by molar-refractivity contribution is 0.255. The lowest BCUT2D eigenvalue weighted by atomic mass is 10.2. The van der Waals surface area contributed by atoms with Crippen LogP contribution in [0.1, 0.15) is 26.3 Å². The molecule has 0 saturated heterocycles. The van der Waals surface area contributed by atoms with Gasteiger partial charge in [-0.2, -0.15) is 0 Å².